The van der Waals surface area contributed by atoms with Crippen LogP contribution in [0.4, 0.5) is 0 Å². The minimum atomic E-state index is -0.451. The van der Waals surface area contributed by atoms with Gasteiger partial charge in [-0.05, 0) is 52.7 Å². The molecule has 0 saturated carbocycles. The minimum Gasteiger partial charge on any atom is -0.456 e. The molecule has 0 saturated heterocycles. The highest BCUT2D eigenvalue weighted by Crippen LogP contribution is 2.29. The molecule has 17 heavy (non-hydrogen) atoms. The smallest absolute Gasteiger partial charge is 0.141 e. The Morgan fingerprint density at radius 1 is 1.06 bits per heavy atom. The fourth-order valence-electron chi connectivity index (χ4n) is 1.47. The van der Waals surface area contributed by atoms with Crippen molar-refractivity contribution in [3.05, 3.63) is 58.6 Å². The number of hydrogen-bond donors (Lipinski definition) is 1. The molecule has 1 atom stereocenters. The average Bonchev–Trinajstić information content (AvgIpc) is 2.33. The van der Waals surface area contributed by atoms with Crippen LogP contribution in [0.2, 0.25) is 0 Å². The van der Waals surface area contributed by atoms with Crippen molar-refractivity contribution in [1.82, 2.24) is 0 Å². The zero-order chi connectivity index (χ0) is 12.3. The summed E-state index contributed by atoms with van der Waals surface area (Å²) in [7, 11) is 0. The Bertz CT molecular complexity index is 492. The van der Waals surface area contributed by atoms with Gasteiger partial charge in [0, 0.05) is 0 Å². The van der Waals surface area contributed by atoms with Gasteiger partial charge in [0.05, 0.1) is 10.6 Å². The van der Waals surface area contributed by atoms with Crippen molar-refractivity contribution in [3.63, 3.8) is 0 Å². The van der Waals surface area contributed by atoms with Crippen molar-refractivity contribution in [1.29, 1.82) is 0 Å². The second-order valence-electron chi connectivity index (χ2n) is 3.78. The predicted octanol–water partition coefficient (Wildman–Crippen LogP) is 4.29. The summed E-state index contributed by atoms with van der Waals surface area (Å²) in [4.78, 5) is 0. The molecule has 0 heterocycles. The van der Waals surface area contributed by atoms with E-state index in [4.69, 9.17) is 4.74 Å². The van der Waals surface area contributed by atoms with Gasteiger partial charge in [0.25, 0.3) is 0 Å². The average molecular weight is 293 g/mol. The lowest BCUT2D eigenvalue weighted by Gasteiger charge is -2.09. The third kappa shape index (κ3) is 3.08. The van der Waals surface area contributed by atoms with Crippen molar-refractivity contribution in [3.8, 4) is 11.5 Å². The van der Waals surface area contributed by atoms with Gasteiger partial charge in [-0.15, -0.1) is 0 Å². The van der Waals surface area contributed by atoms with Crippen LogP contribution in [0.15, 0.2) is 53.0 Å². The van der Waals surface area contributed by atoms with E-state index in [0.29, 0.717) is 0 Å². The van der Waals surface area contributed by atoms with E-state index in [-0.39, 0.29) is 0 Å². The van der Waals surface area contributed by atoms with Gasteiger partial charge < -0.3 is 9.84 Å². The van der Waals surface area contributed by atoms with E-state index in [1.165, 1.54) is 0 Å². The SMILES string of the molecule is C[C@@H](O)c1ccc(Oc2ccccc2Br)cc1. The van der Waals surface area contributed by atoms with E-state index < -0.39 is 6.10 Å². The zero-order valence-corrected chi connectivity index (χ0v) is 11.0. The topological polar surface area (TPSA) is 29.5 Å². The molecule has 0 aliphatic rings. The molecule has 0 radical (unpaired) electrons. The van der Waals surface area contributed by atoms with Crippen LogP contribution in [0.3, 0.4) is 0 Å². The molecular weight excluding hydrogens is 280 g/mol. The van der Waals surface area contributed by atoms with Crippen LogP contribution in [0.1, 0.15) is 18.6 Å². The molecule has 1 N–H and O–H groups in total. The first-order valence-corrected chi connectivity index (χ1v) is 6.16. The van der Waals surface area contributed by atoms with Gasteiger partial charge in [-0.1, -0.05) is 24.3 Å². The molecule has 2 nitrogen and oxygen atoms in total. The van der Waals surface area contributed by atoms with Crippen LogP contribution in [0.25, 0.3) is 0 Å². The molecule has 88 valence electrons. The van der Waals surface area contributed by atoms with Crippen molar-refractivity contribution >= 4 is 15.9 Å². The normalized spacial score (nSPS) is 12.2. The lowest BCUT2D eigenvalue weighted by atomic mass is 10.1. The van der Waals surface area contributed by atoms with Crippen molar-refractivity contribution in [2.45, 2.75) is 13.0 Å². The first-order chi connectivity index (χ1) is 8.16. The van der Waals surface area contributed by atoms with Crippen LogP contribution in [0, 0.1) is 0 Å². The quantitative estimate of drug-likeness (QED) is 0.914. The van der Waals surface area contributed by atoms with Gasteiger partial charge in [-0.2, -0.15) is 0 Å². The number of rotatable bonds is 3. The maximum Gasteiger partial charge on any atom is 0.141 e. The Hall–Kier alpha value is -1.32. The third-order valence-electron chi connectivity index (χ3n) is 2.43. The molecule has 0 aliphatic heterocycles. The van der Waals surface area contributed by atoms with Gasteiger partial charge in [0.1, 0.15) is 11.5 Å². The van der Waals surface area contributed by atoms with Gasteiger partial charge in [-0.25, -0.2) is 0 Å². The van der Waals surface area contributed by atoms with Gasteiger partial charge in [0.15, 0.2) is 0 Å². The molecule has 2 aromatic rings. The van der Waals surface area contributed by atoms with Crippen LogP contribution >= 0.6 is 15.9 Å². The maximum absolute atomic E-state index is 9.40. The molecule has 0 amide bonds. The monoisotopic (exact) mass is 292 g/mol. The fourth-order valence-corrected chi connectivity index (χ4v) is 1.83. The number of benzene rings is 2. The number of para-hydroxylation sites is 1. The van der Waals surface area contributed by atoms with E-state index in [0.717, 1.165) is 21.5 Å². The standard InChI is InChI=1S/C14H13BrO2/c1-10(16)11-6-8-12(9-7-11)17-14-5-3-2-4-13(14)15/h2-10,16H,1H3/t10-/m1/s1. The van der Waals surface area contributed by atoms with Crippen molar-refractivity contribution in [2.24, 2.45) is 0 Å². The van der Waals surface area contributed by atoms with Crippen molar-refractivity contribution in [2.75, 3.05) is 0 Å². The summed E-state index contributed by atoms with van der Waals surface area (Å²) in [5, 5.41) is 9.40. The lowest BCUT2D eigenvalue weighted by Crippen LogP contribution is -1.91. The molecule has 0 spiro atoms. The highest BCUT2D eigenvalue weighted by Gasteiger charge is 2.03. The molecule has 0 unspecified atom stereocenters. The minimum absolute atomic E-state index is 0.451. The largest absolute Gasteiger partial charge is 0.456 e. The Labute approximate surface area is 109 Å². The number of aliphatic hydroxyl groups is 1. The summed E-state index contributed by atoms with van der Waals surface area (Å²) in [6.45, 7) is 1.74. The van der Waals surface area contributed by atoms with Crippen LogP contribution in [0.5, 0.6) is 11.5 Å². The van der Waals surface area contributed by atoms with E-state index >= 15 is 0 Å². The fraction of sp³-hybridized carbons (Fsp3) is 0.143. The van der Waals surface area contributed by atoms with Crippen molar-refractivity contribution < 1.29 is 9.84 Å². The molecule has 0 aliphatic carbocycles. The molecule has 2 rings (SSSR count). The maximum atomic E-state index is 9.40. The Kier molecular flexibility index (Phi) is 3.82. The summed E-state index contributed by atoms with van der Waals surface area (Å²) in [6, 6.07) is 15.1. The van der Waals surface area contributed by atoms with Gasteiger partial charge in [0.2, 0.25) is 0 Å². The molecule has 0 aromatic heterocycles. The third-order valence-corrected chi connectivity index (χ3v) is 3.08. The molecule has 3 heteroatoms. The molecule has 0 fully saturated rings. The summed E-state index contributed by atoms with van der Waals surface area (Å²) in [5.74, 6) is 1.53. The van der Waals surface area contributed by atoms with E-state index in [1.54, 1.807) is 6.92 Å². The number of aliphatic hydroxyl groups excluding tert-OH is 1. The first-order valence-electron chi connectivity index (χ1n) is 5.37. The lowest BCUT2D eigenvalue weighted by molar-refractivity contribution is 0.199. The van der Waals surface area contributed by atoms with Crippen LogP contribution < -0.4 is 4.74 Å². The Morgan fingerprint density at radius 2 is 1.71 bits per heavy atom. The van der Waals surface area contributed by atoms with Crippen LogP contribution in [-0.2, 0) is 0 Å². The second-order valence-corrected chi connectivity index (χ2v) is 4.63. The van der Waals surface area contributed by atoms with Crippen LogP contribution in [-0.4, -0.2) is 5.11 Å². The number of hydrogen-bond acceptors (Lipinski definition) is 2. The zero-order valence-electron chi connectivity index (χ0n) is 9.43. The summed E-state index contributed by atoms with van der Waals surface area (Å²) in [6.07, 6.45) is -0.451. The molecular formula is C14H13BrO2. The Morgan fingerprint density at radius 3 is 2.29 bits per heavy atom. The van der Waals surface area contributed by atoms with E-state index in [2.05, 4.69) is 15.9 Å². The summed E-state index contributed by atoms with van der Waals surface area (Å²) in [5.41, 5.74) is 0.879. The summed E-state index contributed by atoms with van der Waals surface area (Å²) >= 11 is 3.43. The second kappa shape index (κ2) is 5.34. The van der Waals surface area contributed by atoms with Gasteiger partial charge >= 0.3 is 0 Å². The number of ether oxygens (including phenoxy) is 1. The van der Waals surface area contributed by atoms with E-state index in [9.17, 15) is 5.11 Å². The van der Waals surface area contributed by atoms with Gasteiger partial charge in [-0.3, -0.25) is 0 Å². The highest BCUT2D eigenvalue weighted by molar-refractivity contribution is 9.10. The summed E-state index contributed by atoms with van der Waals surface area (Å²) < 4.78 is 6.63. The number of halogens is 1. The predicted molar refractivity (Wildman–Crippen MR) is 71.3 cm³/mol. The Balaban J connectivity index is 2.17. The van der Waals surface area contributed by atoms with E-state index in [1.807, 2.05) is 48.5 Å². The highest BCUT2D eigenvalue weighted by atomic mass is 79.9. The molecule has 0 bridgehead atoms. The first kappa shape index (κ1) is 12.1. The molecule has 2 aromatic carbocycles.